The van der Waals surface area contributed by atoms with E-state index in [0.29, 0.717) is 10.7 Å². The van der Waals surface area contributed by atoms with Crippen molar-refractivity contribution in [1.82, 2.24) is 0 Å². The summed E-state index contributed by atoms with van der Waals surface area (Å²) in [6.07, 6.45) is 3.58. The van der Waals surface area contributed by atoms with Gasteiger partial charge in [-0.15, -0.1) is 0 Å². The number of halogens is 2. The van der Waals surface area contributed by atoms with Crippen molar-refractivity contribution in [2.24, 2.45) is 0 Å². The second kappa shape index (κ2) is 6.55. The SMILES string of the molecule is CCCC(Br)C(CC)c1cccc(Cl)c1. The second-order valence-electron chi connectivity index (χ2n) is 3.87. The summed E-state index contributed by atoms with van der Waals surface area (Å²) in [4.78, 5) is 0.561. The molecule has 0 saturated heterocycles. The summed E-state index contributed by atoms with van der Waals surface area (Å²) in [5.74, 6) is 0.573. The first kappa shape index (κ1) is 13.1. The average Bonchev–Trinajstić information content (AvgIpc) is 2.19. The Morgan fingerprint density at radius 3 is 2.60 bits per heavy atom. The fraction of sp³-hybridized carbons (Fsp3) is 0.538. The van der Waals surface area contributed by atoms with Crippen LogP contribution in [0.2, 0.25) is 5.02 Å². The first-order valence-corrected chi connectivity index (χ1v) is 6.87. The first-order chi connectivity index (χ1) is 7.19. The number of hydrogen-bond acceptors (Lipinski definition) is 0. The Bertz CT molecular complexity index is 298. The smallest absolute Gasteiger partial charge is 0.0408 e. The first-order valence-electron chi connectivity index (χ1n) is 5.58. The van der Waals surface area contributed by atoms with Crippen LogP contribution < -0.4 is 0 Å². The van der Waals surface area contributed by atoms with Gasteiger partial charge in [0.25, 0.3) is 0 Å². The van der Waals surface area contributed by atoms with E-state index >= 15 is 0 Å². The fourth-order valence-corrected chi connectivity index (χ4v) is 3.25. The van der Waals surface area contributed by atoms with E-state index in [2.05, 4.69) is 41.9 Å². The Hall–Kier alpha value is -0.0100. The Morgan fingerprint density at radius 1 is 1.33 bits per heavy atom. The van der Waals surface area contributed by atoms with Gasteiger partial charge in [-0.3, -0.25) is 0 Å². The van der Waals surface area contributed by atoms with Crippen molar-refractivity contribution in [2.75, 3.05) is 0 Å². The predicted molar refractivity (Wildman–Crippen MR) is 72.1 cm³/mol. The monoisotopic (exact) mass is 288 g/mol. The van der Waals surface area contributed by atoms with Crippen LogP contribution >= 0.6 is 27.5 Å². The molecule has 0 amide bonds. The average molecular weight is 290 g/mol. The highest BCUT2D eigenvalue weighted by Crippen LogP contribution is 2.32. The normalized spacial score (nSPS) is 14.9. The molecule has 0 heterocycles. The van der Waals surface area contributed by atoms with Gasteiger partial charge in [0.2, 0.25) is 0 Å². The van der Waals surface area contributed by atoms with Crippen molar-refractivity contribution in [3.63, 3.8) is 0 Å². The molecule has 0 bridgehead atoms. The lowest BCUT2D eigenvalue weighted by Gasteiger charge is -2.21. The maximum absolute atomic E-state index is 6.01. The molecule has 0 aliphatic carbocycles. The fourth-order valence-electron chi connectivity index (χ4n) is 1.91. The molecule has 2 unspecified atom stereocenters. The van der Waals surface area contributed by atoms with Gasteiger partial charge in [-0.2, -0.15) is 0 Å². The topological polar surface area (TPSA) is 0 Å². The zero-order chi connectivity index (χ0) is 11.3. The number of rotatable bonds is 5. The molecule has 15 heavy (non-hydrogen) atoms. The highest BCUT2D eigenvalue weighted by molar-refractivity contribution is 9.09. The lowest BCUT2D eigenvalue weighted by Crippen LogP contribution is -2.11. The molecule has 0 aliphatic heterocycles. The van der Waals surface area contributed by atoms with E-state index in [1.165, 1.54) is 18.4 Å². The molecule has 0 nitrogen and oxygen atoms in total. The third-order valence-electron chi connectivity index (χ3n) is 2.72. The Balaban J connectivity index is 2.82. The van der Waals surface area contributed by atoms with Crippen LogP contribution in [-0.4, -0.2) is 4.83 Å². The van der Waals surface area contributed by atoms with Gasteiger partial charge in [0.1, 0.15) is 0 Å². The minimum atomic E-state index is 0.561. The lowest BCUT2D eigenvalue weighted by atomic mass is 9.91. The van der Waals surface area contributed by atoms with E-state index in [-0.39, 0.29) is 0 Å². The highest BCUT2D eigenvalue weighted by Gasteiger charge is 2.18. The summed E-state index contributed by atoms with van der Waals surface area (Å²) in [5.41, 5.74) is 1.35. The molecular weight excluding hydrogens is 272 g/mol. The molecule has 84 valence electrons. The van der Waals surface area contributed by atoms with Gasteiger partial charge in [-0.05, 0) is 36.5 Å². The van der Waals surface area contributed by atoms with Gasteiger partial charge in [-0.1, -0.05) is 59.9 Å². The van der Waals surface area contributed by atoms with Crippen molar-refractivity contribution in [3.8, 4) is 0 Å². The van der Waals surface area contributed by atoms with E-state index in [1.54, 1.807) is 0 Å². The third-order valence-corrected chi connectivity index (χ3v) is 4.05. The van der Waals surface area contributed by atoms with E-state index in [0.717, 1.165) is 11.4 Å². The summed E-state index contributed by atoms with van der Waals surface area (Å²) in [7, 11) is 0. The van der Waals surface area contributed by atoms with Crippen LogP contribution in [0.3, 0.4) is 0 Å². The zero-order valence-corrected chi connectivity index (χ0v) is 11.7. The molecule has 0 aliphatic rings. The largest absolute Gasteiger partial charge is 0.0884 e. The maximum atomic E-state index is 6.01. The van der Waals surface area contributed by atoms with Crippen molar-refractivity contribution in [1.29, 1.82) is 0 Å². The molecule has 0 radical (unpaired) electrons. The Kier molecular flexibility index (Phi) is 5.70. The summed E-state index contributed by atoms with van der Waals surface area (Å²) in [6, 6.07) is 8.22. The van der Waals surface area contributed by atoms with Gasteiger partial charge in [0, 0.05) is 9.85 Å². The molecular formula is C13H18BrCl. The Labute approximate surface area is 106 Å². The summed E-state index contributed by atoms with van der Waals surface area (Å²) >= 11 is 9.80. The molecule has 2 heteroatoms. The second-order valence-corrected chi connectivity index (χ2v) is 5.49. The van der Waals surface area contributed by atoms with E-state index in [9.17, 15) is 0 Å². The van der Waals surface area contributed by atoms with E-state index in [1.807, 2.05) is 12.1 Å². The molecule has 1 aromatic rings. The molecule has 0 N–H and O–H groups in total. The lowest BCUT2D eigenvalue weighted by molar-refractivity contribution is 0.593. The maximum Gasteiger partial charge on any atom is 0.0408 e. The quantitative estimate of drug-likeness (QED) is 0.637. The summed E-state index contributed by atoms with van der Waals surface area (Å²) < 4.78 is 0. The molecule has 0 spiro atoms. The van der Waals surface area contributed by atoms with Crippen LogP contribution in [0.25, 0.3) is 0 Å². The van der Waals surface area contributed by atoms with Crippen molar-refractivity contribution in [2.45, 2.75) is 43.9 Å². The summed E-state index contributed by atoms with van der Waals surface area (Å²) in [5, 5.41) is 0.835. The predicted octanol–water partition coefficient (Wildman–Crippen LogP) is 5.40. The molecule has 0 aromatic heterocycles. The highest BCUT2D eigenvalue weighted by atomic mass is 79.9. The molecule has 2 atom stereocenters. The van der Waals surface area contributed by atoms with Crippen molar-refractivity contribution < 1.29 is 0 Å². The minimum absolute atomic E-state index is 0.561. The van der Waals surface area contributed by atoms with E-state index < -0.39 is 0 Å². The van der Waals surface area contributed by atoms with Crippen LogP contribution in [0.5, 0.6) is 0 Å². The van der Waals surface area contributed by atoms with Crippen LogP contribution in [0.1, 0.15) is 44.6 Å². The third kappa shape index (κ3) is 3.81. The van der Waals surface area contributed by atoms with Gasteiger partial charge in [-0.25, -0.2) is 0 Å². The molecule has 0 saturated carbocycles. The molecule has 1 rings (SSSR count). The van der Waals surface area contributed by atoms with Crippen LogP contribution in [0.15, 0.2) is 24.3 Å². The van der Waals surface area contributed by atoms with Gasteiger partial charge >= 0.3 is 0 Å². The van der Waals surface area contributed by atoms with Crippen LogP contribution in [-0.2, 0) is 0 Å². The van der Waals surface area contributed by atoms with Gasteiger partial charge in [0.15, 0.2) is 0 Å². The zero-order valence-electron chi connectivity index (χ0n) is 9.34. The van der Waals surface area contributed by atoms with Crippen molar-refractivity contribution in [3.05, 3.63) is 34.9 Å². The van der Waals surface area contributed by atoms with Crippen LogP contribution in [0.4, 0.5) is 0 Å². The van der Waals surface area contributed by atoms with Crippen molar-refractivity contribution >= 4 is 27.5 Å². The number of benzene rings is 1. The van der Waals surface area contributed by atoms with Gasteiger partial charge in [0.05, 0.1) is 0 Å². The van der Waals surface area contributed by atoms with E-state index in [4.69, 9.17) is 11.6 Å². The number of hydrogen-bond donors (Lipinski definition) is 0. The molecule has 1 aromatic carbocycles. The number of alkyl halides is 1. The molecule has 0 fully saturated rings. The summed E-state index contributed by atoms with van der Waals surface area (Å²) in [6.45, 7) is 4.45. The standard InChI is InChI=1S/C13H18BrCl/c1-3-6-13(14)12(4-2)10-7-5-8-11(15)9-10/h5,7-9,12-13H,3-4,6H2,1-2H3. The minimum Gasteiger partial charge on any atom is -0.0884 e. The Morgan fingerprint density at radius 2 is 2.07 bits per heavy atom. The van der Waals surface area contributed by atoms with Crippen LogP contribution in [0, 0.1) is 0 Å². The van der Waals surface area contributed by atoms with Gasteiger partial charge < -0.3 is 0 Å².